The normalized spacial score (nSPS) is 20.4. The molecule has 0 unspecified atom stereocenters. The molecule has 6 heteroatoms. The van der Waals surface area contributed by atoms with Gasteiger partial charge in [0.05, 0.1) is 6.04 Å². The van der Waals surface area contributed by atoms with Crippen LogP contribution >= 0.6 is 0 Å². The third-order valence-corrected chi connectivity index (χ3v) is 13.1. The fraction of sp³-hybridized carbons (Fsp3) is 0.333. The van der Waals surface area contributed by atoms with Gasteiger partial charge in [-0.05, 0) is 114 Å². The molecule has 0 fully saturated rings. The zero-order valence-electron chi connectivity index (χ0n) is 38.5. The average Bonchev–Trinajstić information content (AvgIpc) is 3.73. The van der Waals surface area contributed by atoms with Crippen molar-refractivity contribution in [3.8, 4) is 5.82 Å². The molecule has 0 amide bonds. The fourth-order valence-electron chi connectivity index (χ4n) is 9.71. The van der Waals surface area contributed by atoms with Crippen molar-refractivity contribution in [1.29, 1.82) is 0 Å². The smallest absolute Gasteiger partial charge is 0.512 e. The van der Waals surface area contributed by atoms with Crippen molar-refractivity contribution in [2.75, 3.05) is 4.90 Å². The number of nitrogens with zero attached hydrogens (tertiary/aromatic N) is 4. The number of hydrogen-bond donors (Lipinski definition) is 0. The summed E-state index contributed by atoms with van der Waals surface area (Å²) < 4.78 is 28.2. The first-order chi connectivity index (χ1) is 28.8. The summed E-state index contributed by atoms with van der Waals surface area (Å²) in [5.74, 6) is 1.49. The number of fused-ring (bicyclic) bond motifs is 7. The number of hydrogen-bond acceptors (Lipinski definition) is 4. The maximum Gasteiger partial charge on any atom is 2.00 e. The Hall–Kier alpha value is -4.99. The molecule has 0 saturated carbocycles. The first-order valence-corrected chi connectivity index (χ1v) is 21.1. The number of pyridine rings is 1. The first-order valence-electron chi connectivity index (χ1n) is 22.1. The molecule has 2 aromatic heterocycles. The van der Waals surface area contributed by atoms with E-state index in [-0.39, 0.29) is 37.8 Å². The van der Waals surface area contributed by atoms with Gasteiger partial charge in [0.25, 0.3) is 0 Å². The zero-order valence-corrected chi connectivity index (χ0v) is 38.8. The fourth-order valence-corrected chi connectivity index (χ4v) is 9.71. The van der Waals surface area contributed by atoms with Gasteiger partial charge >= 0.3 is 21.1 Å². The minimum absolute atomic E-state index is 0. The van der Waals surface area contributed by atoms with E-state index in [1.807, 2.05) is 26.1 Å². The Morgan fingerprint density at radius 3 is 2.42 bits per heavy atom. The Labute approximate surface area is 373 Å². The van der Waals surface area contributed by atoms with Crippen LogP contribution in [0, 0.1) is 32.9 Å². The van der Waals surface area contributed by atoms with Gasteiger partial charge in [-0.3, -0.25) is 4.99 Å². The van der Waals surface area contributed by atoms with Gasteiger partial charge in [0.1, 0.15) is 17.3 Å². The van der Waals surface area contributed by atoms with Crippen LogP contribution in [0.3, 0.4) is 0 Å². The molecular formula is C54H54N4OPt. The predicted octanol–water partition coefficient (Wildman–Crippen LogP) is 12.9. The second kappa shape index (κ2) is 14.0. The number of para-hydroxylation sites is 1. The molecule has 0 N–H and O–H groups in total. The number of anilines is 3. The number of aryl methyl sites for hydroxylation is 3. The van der Waals surface area contributed by atoms with Crippen molar-refractivity contribution in [2.24, 2.45) is 4.99 Å². The Morgan fingerprint density at radius 2 is 1.65 bits per heavy atom. The van der Waals surface area contributed by atoms with Crippen LogP contribution in [0.5, 0.6) is 0 Å². The molecule has 2 atom stereocenters. The third-order valence-electron chi connectivity index (χ3n) is 13.1. The minimum atomic E-state index is -1.71. The van der Waals surface area contributed by atoms with Gasteiger partial charge in [-0.1, -0.05) is 119 Å². The summed E-state index contributed by atoms with van der Waals surface area (Å²) in [6.07, 6.45) is 0.793. The van der Waals surface area contributed by atoms with E-state index in [4.69, 9.17) is 14.7 Å². The number of aromatic nitrogens is 2. The Morgan fingerprint density at radius 1 is 0.867 bits per heavy atom. The Bertz CT molecular complexity index is 3030. The van der Waals surface area contributed by atoms with Crippen LogP contribution in [-0.2, 0) is 49.4 Å². The monoisotopic (exact) mass is 971 g/mol. The molecule has 1 aliphatic carbocycles. The summed E-state index contributed by atoms with van der Waals surface area (Å²) in [5, 5.41) is 2.31. The molecule has 10 rings (SSSR count). The number of aliphatic imine (C=N–C) groups is 1. The molecule has 2 aliphatic heterocycles. The topological polar surface area (TPSA) is 42.6 Å². The van der Waals surface area contributed by atoms with E-state index in [2.05, 4.69) is 163 Å². The van der Waals surface area contributed by atoms with Crippen LogP contribution in [0.1, 0.15) is 120 Å². The first kappa shape index (κ1) is 38.0. The average molecular weight is 972 g/mol. The van der Waals surface area contributed by atoms with E-state index in [1.54, 1.807) is 0 Å². The van der Waals surface area contributed by atoms with E-state index in [0.717, 1.165) is 72.7 Å². The number of ether oxygens (including phenoxy) is 1. The third kappa shape index (κ3) is 6.29. The van der Waals surface area contributed by atoms with Crippen LogP contribution in [-0.4, -0.2) is 27.1 Å². The Kier molecular flexibility index (Phi) is 8.88. The van der Waals surface area contributed by atoms with Gasteiger partial charge < -0.3 is 14.2 Å². The maximum atomic E-state index is 9.51. The Balaban J connectivity index is 0.00000490. The van der Waals surface area contributed by atoms with Crippen LogP contribution < -0.4 is 4.90 Å². The van der Waals surface area contributed by atoms with Gasteiger partial charge in [0.2, 0.25) is 0 Å². The molecule has 0 spiro atoms. The van der Waals surface area contributed by atoms with Crippen molar-refractivity contribution >= 4 is 44.8 Å². The second-order valence-electron chi connectivity index (χ2n) is 19.3. The molecule has 0 saturated heterocycles. The van der Waals surface area contributed by atoms with Crippen LogP contribution in [0.4, 0.5) is 17.1 Å². The van der Waals surface area contributed by atoms with E-state index in [9.17, 15) is 2.74 Å². The second-order valence-corrected chi connectivity index (χ2v) is 19.3. The summed E-state index contributed by atoms with van der Waals surface area (Å²) in [6.45, 7) is 24.1. The van der Waals surface area contributed by atoms with Crippen molar-refractivity contribution < 1.29 is 28.5 Å². The van der Waals surface area contributed by atoms with Crippen molar-refractivity contribution in [3.05, 3.63) is 159 Å². The van der Waals surface area contributed by atoms with E-state index in [0.29, 0.717) is 12.3 Å². The summed E-state index contributed by atoms with van der Waals surface area (Å²) in [5.41, 5.74) is 14.2. The molecular weight excluding hydrogens is 916 g/mol. The number of rotatable bonds is 4. The SMILES string of the molecule is [2H]C1([2H])c2cc(C)cc(C)c2C[C@]2(C)OC(c3[c-]c(N4c5[c-]c6c(cc5C(C)(C)c5ccccc54)c4cc(C)ccc4n6-c4cc(C(C)(C)C)ccn4)cc(C(C)C)c3)=N[C@@H]12.[Pt+2]. The van der Waals surface area contributed by atoms with Gasteiger partial charge in [-0.25, -0.2) is 4.98 Å². The summed E-state index contributed by atoms with van der Waals surface area (Å²) in [4.78, 5) is 12.5. The van der Waals surface area contributed by atoms with Gasteiger partial charge in [-0.15, -0.1) is 40.8 Å². The van der Waals surface area contributed by atoms with Gasteiger partial charge in [0, 0.05) is 26.6 Å². The molecule has 7 aromatic rings. The van der Waals surface area contributed by atoms with Crippen LogP contribution in [0.25, 0.3) is 27.6 Å². The quantitative estimate of drug-likeness (QED) is 0.165. The molecule has 0 radical (unpaired) electrons. The van der Waals surface area contributed by atoms with E-state index >= 15 is 0 Å². The van der Waals surface area contributed by atoms with Crippen LogP contribution in [0.15, 0.2) is 96.1 Å². The van der Waals surface area contributed by atoms with E-state index in [1.165, 1.54) is 27.6 Å². The van der Waals surface area contributed by atoms with Crippen molar-refractivity contribution in [1.82, 2.24) is 9.55 Å². The number of benzene rings is 5. The minimum Gasteiger partial charge on any atom is -0.512 e. The van der Waals surface area contributed by atoms with Gasteiger partial charge in [-0.2, -0.15) is 6.07 Å². The molecule has 60 heavy (non-hydrogen) atoms. The van der Waals surface area contributed by atoms with Crippen molar-refractivity contribution in [2.45, 2.75) is 117 Å². The predicted molar refractivity (Wildman–Crippen MR) is 244 cm³/mol. The van der Waals surface area contributed by atoms with Gasteiger partial charge in [0.15, 0.2) is 0 Å². The molecule has 0 bridgehead atoms. The summed E-state index contributed by atoms with van der Waals surface area (Å²) in [6, 6.07) is 37.8. The van der Waals surface area contributed by atoms with Crippen LogP contribution in [0.2, 0.25) is 0 Å². The molecule has 5 nitrogen and oxygen atoms in total. The molecule has 5 aromatic carbocycles. The zero-order chi connectivity index (χ0) is 43.1. The van der Waals surface area contributed by atoms with E-state index < -0.39 is 18.0 Å². The van der Waals surface area contributed by atoms with Crippen molar-refractivity contribution in [3.63, 3.8) is 0 Å². The standard InChI is InChI=1S/C54H54N4O.Pt/c1-31(2)35-23-37(51-56-49-26-36-21-33(4)20-34(5)42(36)30-54(49,11)59-51)25-39(24-35)57-46-15-13-12-14-43(46)53(9,10)44-28-41-40-22-32(3)16-17-45(40)58(47(41)29-48(44)57)50-27-38(18-19-55-50)52(6,7)8;/h12-24,27-28,31,49H,26,30H2,1-11H3;/q-2;+2/t49-,54-;/m0./s1/i26D2;. The molecule has 3 aliphatic rings. The molecule has 4 heterocycles. The molecule has 306 valence electrons. The maximum absolute atomic E-state index is 9.51. The summed E-state index contributed by atoms with van der Waals surface area (Å²) >= 11 is 0. The summed E-state index contributed by atoms with van der Waals surface area (Å²) in [7, 11) is 0. The largest absolute Gasteiger partial charge is 2.00 e.